The molecule has 0 saturated heterocycles. The van der Waals surface area contributed by atoms with Crippen LogP contribution in [-0.4, -0.2) is 27.4 Å². The van der Waals surface area contributed by atoms with E-state index in [1.807, 2.05) is 6.92 Å². The Morgan fingerprint density at radius 3 is 2.92 bits per heavy atom. The molecule has 5 nitrogen and oxygen atoms in total. The van der Waals surface area contributed by atoms with Crippen molar-refractivity contribution < 1.29 is 9.90 Å². The van der Waals surface area contributed by atoms with Crippen molar-refractivity contribution in [1.29, 1.82) is 0 Å². The first-order valence-electron chi connectivity index (χ1n) is 3.55. The van der Waals surface area contributed by atoms with E-state index in [0.29, 0.717) is 0 Å². The number of carbonyl (C=O) groups is 1. The van der Waals surface area contributed by atoms with E-state index in [1.54, 1.807) is 17.9 Å². The lowest BCUT2D eigenvalue weighted by Gasteiger charge is -2.03. The molecule has 0 unspecified atom stereocenters. The van der Waals surface area contributed by atoms with Crippen LogP contribution in [0.5, 0.6) is 0 Å². The molecular weight excluding hydrogens is 158 g/mol. The lowest BCUT2D eigenvalue weighted by Crippen LogP contribution is -2.15. The quantitative estimate of drug-likeness (QED) is 0.679. The van der Waals surface area contributed by atoms with Crippen molar-refractivity contribution >= 4 is 11.8 Å². The number of aliphatic carboxylic acids is 1. The van der Waals surface area contributed by atoms with Crippen molar-refractivity contribution in [3.63, 3.8) is 0 Å². The molecule has 1 heterocycles. The second-order valence-electron chi connectivity index (χ2n) is 2.55. The molecule has 1 aromatic heterocycles. The zero-order valence-electron chi connectivity index (χ0n) is 7.03. The van der Waals surface area contributed by atoms with Crippen molar-refractivity contribution in [2.75, 3.05) is 11.9 Å². The highest BCUT2D eigenvalue weighted by Crippen LogP contribution is 2.10. The van der Waals surface area contributed by atoms with Crippen molar-refractivity contribution in [3.05, 3.63) is 11.8 Å². The second-order valence-corrected chi connectivity index (χ2v) is 2.55. The maximum absolute atomic E-state index is 10.2. The summed E-state index contributed by atoms with van der Waals surface area (Å²) in [6.07, 6.45) is 1.68. The Hall–Kier alpha value is -1.52. The number of rotatable bonds is 3. The van der Waals surface area contributed by atoms with Crippen LogP contribution in [0.15, 0.2) is 6.20 Å². The van der Waals surface area contributed by atoms with Crippen LogP contribution >= 0.6 is 0 Å². The van der Waals surface area contributed by atoms with E-state index in [1.165, 1.54) is 0 Å². The number of nitrogens with zero attached hydrogens (tertiary/aromatic N) is 2. The lowest BCUT2D eigenvalue weighted by atomic mass is 10.4. The van der Waals surface area contributed by atoms with E-state index >= 15 is 0 Å². The number of aromatic nitrogens is 2. The number of carboxylic acids is 1. The molecule has 2 N–H and O–H groups in total. The summed E-state index contributed by atoms with van der Waals surface area (Å²) < 4.78 is 1.61. The first kappa shape index (κ1) is 8.58. The molecule has 0 aromatic carbocycles. The third-order valence-electron chi connectivity index (χ3n) is 1.53. The zero-order valence-corrected chi connectivity index (χ0v) is 7.03. The monoisotopic (exact) mass is 169 g/mol. The van der Waals surface area contributed by atoms with Crippen LogP contribution < -0.4 is 5.32 Å². The zero-order chi connectivity index (χ0) is 9.14. The predicted octanol–water partition coefficient (Wildman–Crippen LogP) is 0.225. The minimum Gasteiger partial charge on any atom is -0.480 e. The molecule has 1 rings (SSSR count). The van der Waals surface area contributed by atoms with Crippen LogP contribution in [0.25, 0.3) is 0 Å². The number of anilines is 1. The van der Waals surface area contributed by atoms with Crippen molar-refractivity contribution in [1.82, 2.24) is 9.78 Å². The summed E-state index contributed by atoms with van der Waals surface area (Å²) >= 11 is 0. The lowest BCUT2D eigenvalue weighted by molar-refractivity contribution is -0.134. The van der Waals surface area contributed by atoms with Gasteiger partial charge in [-0.05, 0) is 6.92 Å². The average molecular weight is 169 g/mol. The number of nitrogens with one attached hydrogen (secondary N) is 1. The SMILES string of the molecule is Cc1cnn(C)c1NCC(=O)O. The van der Waals surface area contributed by atoms with E-state index in [0.717, 1.165) is 11.4 Å². The van der Waals surface area contributed by atoms with Crippen LogP contribution in [0.2, 0.25) is 0 Å². The minimum absolute atomic E-state index is 0.0830. The maximum atomic E-state index is 10.2. The van der Waals surface area contributed by atoms with Gasteiger partial charge < -0.3 is 10.4 Å². The highest BCUT2D eigenvalue weighted by atomic mass is 16.4. The molecule has 5 heteroatoms. The molecule has 0 saturated carbocycles. The molecular formula is C7H11N3O2. The Morgan fingerprint density at radius 2 is 2.50 bits per heavy atom. The first-order chi connectivity index (χ1) is 5.61. The normalized spacial score (nSPS) is 9.83. The molecule has 0 bridgehead atoms. The number of aryl methyl sites for hydroxylation is 2. The minimum atomic E-state index is -0.879. The van der Waals surface area contributed by atoms with E-state index in [4.69, 9.17) is 5.11 Å². The van der Waals surface area contributed by atoms with E-state index < -0.39 is 5.97 Å². The Bertz CT molecular complexity index is 273. The molecule has 0 radical (unpaired) electrons. The van der Waals surface area contributed by atoms with Crippen LogP contribution in [-0.2, 0) is 11.8 Å². The van der Waals surface area contributed by atoms with Gasteiger partial charge in [0, 0.05) is 12.6 Å². The van der Waals surface area contributed by atoms with Gasteiger partial charge in [-0.25, -0.2) is 0 Å². The number of carboxylic acid groups (broad SMARTS) is 1. The van der Waals surface area contributed by atoms with Gasteiger partial charge in [-0.2, -0.15) is 5.10 Å². The summed E-state index contributed by atoms with van der Waals surface area (Å²) in [5.74, 6) is -0.131. The fourth-order valence-electron chi connectivity index (χ4n) is 0.960. The van der Waals surface area contributed by atoms with Gasteiger partial charge >= 0.3 is 5.97 Å². The maximum Gasteiger partial charge on any atom is 0.322 e. The average Bonchev–Trinajstić information content (AvgIpc) is 2.28. The molecule has 1 aromatic rings. The largest absolute Gasteiger partial charge is 0.480 e. The summed E-state index contributed by atoms with van der Waals surface area (Å²) in [5.41, 5.74) is 0.943. The van der Waals surface area contributed by atoms with Crippen molar-refractivity contribution in [2.24, 2.45) is 7.05 Å². The van der Waals surface area contributed by atoms with Gasteiger partial charge in [0.2, 0.25) is 0 Å². The summed E-state index contributed by atoms with van der Waals surface area (Å²) in [4.78, 5) is 10.2. The third kappa shape index (κ3) is 1.75. The highest BCUT2D eigenvalue weighted by molar-refractivity contribution is 5.72. The Labute approximate surface area is 70.0 Å². The van der Waals surface area contributed by atoms with Gasteiger partial charge in [0.05, 0.1) is 6.20 Å². The van der Waals surface area contributed by atoms with Crippen LogP contribution in [0.3, 0.4) is 0 Å². The Morgan fingerprint density at radius 1 is 1.83 bits per heavy atom. The van der Waals surface area contributed by atoms with Gasteiger partial charge in [0.25, 0.3) is 0 Å². The van der Waals surface area contributed by atoms with Gasteiger partial charge in [0.15, 0.2) is 0 Å². The fourth-order valence-corrected chi connectivity index (χ4v) is 0.960. The van der Waals surface area contributed by atoms with Crippen LogP contribution in [0.4, 0.5) is 5.82 Å². The van der Waals surface area contributed by atoms with E-state index in [2.05, 4.69) is 10.4 Å². The third-order valence-corrected chi connectivity index (χ3v) is 1.53. The number of hydrogen-bond donors (Lipinski definition) is 2. The van der Waals surface area contributed by atoms with Crippen LogP contribution in [0, 0.1) is 6.92 Å². The Balaban J connectivity index is 2.68. The molecule has 0 fully saturated rings. The molecule has 0 aliphatic carbocycles. The van der Waals surface area contributed by atoms with E-state index in [9.17, 15) is 4.79 Å². The van der Waals surface area contributed by atoms with Crippen molar-refractivity contribution in [3.8, 4) is 0 Å². The number of hydrogen-bond acceptors (Lipinski definition) is 3. The molecule has 12 heavy (non-hydrogen) atoms. The smallest absolute Gasteiger partial charge is 0.322 e. The summed E-state index contributed by atoms with van der Waals surface area (Å²) in [7, 11) is 1.76. The summed E-state index contributed by atoms with van der Waals surface area (Å²) in [6, 6.07) is 0. The molecule has 0 atom stereocenters. The van der Waals surface area contributed by atoms with Gasteiger partial charge in [-0.15, -0.1) is 0 Å². The molecule has 0 aliphatic rings. The molecule has 66 valence electrons. The van der Waals surface area contributed by atoms with E-state index in [-0.39, 0.29) is 6.54 Å². The molecule has 0 spiro atoms. The summed E-state index contributed by atoms with van der Waals surface area (Å²) in [5, 5.41) is 15.1. The van der Waals surface area contributed by atoms with Gasteiger partial charge in [0.1, 0.15) is 12.4 Å². The highest BCUT2D eigenvalue weighted by Gasteiger charge is 2.04. The second kappa shape index (κ2) is 3.25. The summed E-state index contributed by atoms with van der Waals surface area (Å²) in [6.45, 7) is 1.79. The molecule has 0 aliphatic heterocycles. The molecule has 0 amide bonds. The Kier molecular flexibility index (Phi) is 2.32. The fraction of sp³-hybridized carbons (Fsp3) is 0.429. The standard InChI is InChI=1S/C7H11N3O2/c1-5-3-9-10(2)7(5)8-4-6(11)12/h3,8H,4H2,1-2H3,(H,11,12). The van der Waals surface area contributed by atoms with Crippen molar-refractivity contribution in [2.45, 2.75) is 6.92 Å². The topological polar surface area (TPSA) is 67.2 Å². The van der Waals surface area contributed by atoms with Gasteiger partial charge in [-0.1, -0.05) is 0 Å². The predicted molar refractivity (Wildman–Crippen MR) is 44.1 cm³/mol. The first-order valence-corrected chi connectivity index (χ1v) is 3.55. The van der Waals surface area contributed by atoms with Crippen LogP contribution in [0.1, 0.15) is 5.56 Å². The van der Waals surface area contributed by atoms with Gasteiger partial charge in [-0.3, -0.25) is 9.48 Å².